The van der Waals surface area contributed by atoms with Crippen molar-refractivity contribution in [3.05, 3.63) is 11.6 Å². The summed E-state index contributed by atoms with van der Waals surface area (Å²) in [5, 5.41) is 19.8. The molecule has 0 aliphatic heterocycles. The number of aliphatic hydroxyl groups is 1. The molecule has 4 rings (SSSR count). The van der Waals surface area contributed by atoms with Gasteiger partial charge in [-0.05, 0) is 80.5 Å². The van der Waals surface area contributed by atoms with Crippen LogP contribution in [0.25, 0.3) is 0 Å². The minimum Gasteiger partial charge on any atom is -0.393 e. The minimum absolute atomic E-state index is 0.108. The molecule has 3 fully saturated rings. The van der Waals surface area contributed by atoms with E-state index in [1.54, 1.807) is 0 Å². The largest absolute Gasteiger partial charge is 0.393 e. The molecule has 7 atom stereocenters. The zero-order valence-corrected chi connectivity index (χ0v) is 15.1. The number of hydrogen-bond donors (Lipinski definition) is 1. The highest BCUT2D eigenvalue weighted by Gasteiger charge is 2.60. The first kappa shape index (κ1) is 16.6. The van der Waals surface area contributed by atoms with Gasteiger partial charge in [0.2, 0.25) is 0 Å². The molecule has 0 heterocycles. The molecule has 0 radical (unpaired) electrons. The van der Waals surface area contributed by atoms with E-state index in [0.29, 0.717) is 17.8 Å². The van der Waals surface area contributed by atoms with E-state index in [4.69, 9.17) is 4.74 Å². The van der Waals surface area contributed by atoms with Crippen LogP contribution in [0.15, 0.2) is 11.6 Å². The molecule has 3 saturated carbocycles. The Morgan fingerprint density at radius 2 is 2.08 bits per heavy atom. The fourth-order valence-electron chi connectivity index (χ4n) is 7.32. The molecule has 3 heteroatoms. The van der Waals surface area contributed by atoms with Crippen molar-refractivity contribution < 1.29 is 9.84 Å². The van der Waals surface area contributed by atoms with Crippen LogP contribution in [0.2, 0.25) is 0 Å². The standard InChI is InChI=1S/C21H31NO2/c1-20-9-8-19-17(18(20)6-4-15(20)12-22)5-3-14-11-16(23)7-10-21(14,19)13-24-2/h4,14,16-19,23H,3,5-11,13H2,1-2H3. The highest BCUT2D eigenvalue weighted by Crippen LogP contribution is 2.66. The molecule has 132 valence electrons. The van der Waals surface area contributed by atoms with E-state index < -0.39 is 0 Å². The van der Waals surface area contributed by atoms with Crippen molar-refractivity contribution in [1.29, 1.82) is 5.26 Å². The summed E-state index contributed by atoms with van der Waals surface area (Å²) in [5.41, 5.74) is 1.44. The molecule has 7 unspecified atom stereocenters. The first-order valence-corrected chi connectivity index (χ1v) is 9.83. The summed E-state index contributed by atoms with van der Waals surface area (Å²) in [5.74, 6) is 2.71. The Labute approximate surface area is 146 Å². The minimum atomic E-state index is -0.108. The summed E-state index contributed by atoms with van der Waals surface area (Å²) in [6, 6.07) is 2.50. The van der Waals surface area contributed by atoms with Gasteiger partial charge in [0.15, 0.2) is 0 Å². The molecule has 24 heavy (non-hydrogen) atoms. The van der Waals surface area contributed by atoms with Gasteiger partial charge in [-0.3, -0.25) is 0 Å². The first-order chi connectivity index (χ1) is 11.5. The fraction of sp³-hybridized carbons (Fsp3) is 0.857. The highest BCUT2D eigenvalue weighted by molar-refractivity contribution is 5.35. The van der Waals surface area contributed by atoms with E-state index in [9.17, 15) is 10.4 Å². The highest BCUT2D eigenvalue weighted by atomic mass is 16.5. The molecule has 4 aliphatic carbocycles. The summed E-state index contributed by atoms with van der Waals surface area (Å²) < 4.78 is 5.76. The van der Waals surface area contributed by atoms with Crippen LogP contribution in [0.3, 0.4) is 0 Å². The van der Waals surface area contributed by atoms with Gasteiger partial charge >= 0.3 is 0 Å². The van der Waals surface area contributed by atoms with Crippen LogP contribution in [0.1, 0.15) is 58.3 Å². The van der Waals surface area contributed by atoms with Crippen molar-refractivity contribution in [3.63, 3.8) is 0 Å². The van der Waals surface area contributed by atoms with Crippen molar-refractivity contribution >= 4 is 0 Å². The maximum absolute atomic E-state index is 10.2. The predicted octanol–water partition coefficient (Wildman–Crippen LogP) is 4.08. The van der Waals surface area contributed by atoms with Crippen LogP contribution < -0.4 is 0 Å². The lowest BCUT2D eigenvalue weighted by Crippen LogP contribution is -2.56. The third kappa shape index (κ3) is 2.15. The molecular formula is C21H31NO2. The summed E-state index contributed by atoms with van der Waals surface area (Å²) in [7, 11) is 1.85. The Morgan fingerprint density at radius 1 is 1.25 bits per heavy atom. The Morgan fingerprint density at radius 3 is 2.83 bits per heavy atom. The molecular weight excluding hydrogens is 298 g/mol. The second kappa shape index (κ2) is 5.85. The van der Waals surface area contributed by atoms with E-state index in [1.807, 2.05) is 7.11 Å². The number of ether oxygens (including phenoxy) is 1. The second-order valence-electron chi connectivity index (χ2n) is 9.17. The molecule has 0 amide bonds. The topological polar surface area (TPSA) is 53.2 Å². The lowest BCUT2D eigenvalue weighted by molar-refractivity contribution is -0.152. The van der Waals surface area contributed by atoms with Gasteiger partial charge in [-0.2, -0.15) is 5.26 Å². The lowest BCUT2D eigenvalue weighted by atomic mass is 9.44. The number of aliphatic hydroxyl groups excluding tert-OH is 1. The Balaban J connectivity index is 1.66. The fourth-order valence-corrected chi connectivity index (χ4v) is 7.32. The maximum atomic E-state index is 10.2. The number of fused-ring (bicyclic) bond motifs is 5. The van der Waals surface area contributed by atoms with Crippen molar-refractivity contribution in [3.8, 4) is 6.07 Å². The molecule has 0 bridgehead atoms. The average Bonchev–Trinajstić information content (AvgIpc) is 2.92. The predicted molar refractivity (Wildman–Crippen MR) is 93.0 cm³/mol. The second-order valence-corrected chi connectivity index (χ2v) is 9.17. The summed E-state index contributed by atoms with van der Waals surface area (Å²) in [6.07, 6.45) is 11.1. The van der Waals surface area contributed by atoms with Gasteiger partial charge in [0.1, 0.15) is 0 Å². The van der Waals surface area contributed by atoms with Crippen LogP contribution in [0.4, 0.5) is 0 Å². The van der Waals surface area contributed by atoms with Crippen molar-refractivity contribution in [2.45, 2.75) is 64.4 Å². The Kier molecular flexibility index (Phi) is 4.05. The summed E-state index contributed by atoms with van der Waals surface area (Å²) >= 11 is 0. The zero-order valence-electron chi connectivity index (χ0n) is 15.1. The van der Waals surface area contributed by atoms with E-state index in [0.717, 1.165) is 50.2 Å². The first-order valence-electron chi connectivity index (χ1n) is 9.83. The van der Waals surface area contributed by atoms with Gasteiger partial charge in [-0.25, -0.2) is 0 Å². The van der Waals surface area contributed by atoms with Crippen LogP contribution in [0.5, 0.6) is 0 Å². The number of allylic oxidation sites excluding steroid dienone is 2. The Bertz CT molecular complexity index is 579. The molecule has 1 N–H and O–H groups in total. The van der Waals surface area contributed by atoms with Gasteiger partial charge in [0.25, 0.3) is 0 Å². The normalized spacial score (nSPS) is 50.2. The molecule has 0 spiro atoms. The molecule has 4 aliphatic rings. The van der Waals surface area contributed by atoms with Gasteiger partial charge in [-0.15, -0.1) is 0 Å². The van der Waals surface area contributed by atoms with Crippen molar-refractivity contribution in [2.75, 3.05) is 13.7 Å². The molecule has 3 nitrogen and oxygen atoms in total. The SMILES string of the molecule is COCC12CCC(O)CC1CCC1C3CC=C(C#N)C3(C)CCC12. The molecule has 0 aromatic carbocycles. The third-order valence-corrected chi connectivity index (χ3v) is 8.45. The zero-order chi connectivity index (χ0) is 16.9. The monoisotopic (exact) mass is 329 g/mol. The van der Waals surface area contributed by atoms with Gasteiger partial charge in [0.05, 0.1) is 18.8 Å². The van der Waals surface area contributed by atoms with E-state index >= 15 is 0 Å². The average molecular weight is 329 g/mol. The Hall–Kier alpha value is -0.850. The number of nitrogens with zero attached hydrogens (tertiary/aromatic N) is 1. The van der Waals surface area contributed by atoms with E-state index in [1.165, 1.54) is 19.3 Å². The molecule has 0 saturated heterocycles. The van der Waals surface area contributed by atoms with Crippen LogP contribution in [-0.4, -0.2) is 24.9 Å². The van der Waals surface area contributed by atoms with Crippen LogP contribution >= 0.6 is 0 Å². The van der Waals surface area contributed by atoms with Crippen molar-refractivity contribution in [2.24, 2.45) is 34.5 Å². The number of nitriles is 1. The third-order valence-electron chi connectivity index (χ3n) is 8.45. The smallest absolute Gasteiger partial charge is 0.0949 e. The van der Waals surface area contributed by atoms with Crippen LogP contribution in [-0.2, 0) is 4.74 Å². The van der Waals surface area contributed by atoms with E-state index in [2.05, 4.69) is 19.1 Å². The lowest BCUT2D eigenvalue weighted by Gasteiger charge is -2.61. The number of hydrogen-bond acceptors (Lipinski definition) is 3. The van der Waals surface area contributed by atoms with Crippen LogP contribution in [0, 0.1) is 45.8 Å². The number of methoxy groups -OCH3 is 1. The van der Waals surface area contributed by atoms with Gasteiger partial charge in [0, 0.05) is 18.1 Å². The summed E-state index contributed by atoms with van der Waals surface area (Å²) in [4.78, 5) is 0. The van der Waals surface area contributed by atoms with Gasteiger partial charge in [-0.1, -0.05) is 13.0 Å². The number of rotatable bonds is 2. The molecule has 0 aromatic heterocycles. The van der Waals surface area contributed by atoms with Gasteiger partial charge < -0.3 is 9.84 Å². The quantitative estimate of drug-likeness (QED) is 0.830. The van der Waals surface area contributed by atoms with Crippen molar-refractivity contribution in [1.82, 2.24) is 0 Å². The van der Waals surface area contributed by atoms with E-state index in [-0.39, 0.29) is 16.9 Å². The maximum Gasteiger partial charge on any atom is 0.0949 e. The summed E-state index contributed by atoms with van der Waals surface area (Å²) in [6.45, 7) is 3.20. The molecule has 0 aromatic rings.